The Hall–Kier alpha value is 0.137. The van der Waals surface area contributed by atoms with Crippen LogP contribution in [0.15, 0.2) is 0 Å². The van der Waals surface area contributed by atoms with Crippen molar-refractivity contribution < 1.29 is 10.2 Å². The Morgan fingerprint density at radius 3 is 1.88 bits per heavy atom. The number of hydrogen-bond acceptors (Lipinski definition) is 2. The molecular formula is C23H46O2Si. The number of aliphatic hydroxyl groups is 2. The zero-order valence-corrected chi connectivity index (χ0v) is 19.2. The molecule has 2 fully saturated rings. The Bertz CT molecular complexity index is 376. The van der Waals surface area contributed by atoms with Crippen LogP contribution in [0.4, 0.5) is 0 Å². The molecule has 2 N–H and O–H groups in total. The van der Waals surface area contributed by atoms with Crippen molar-refractivity contribution in [3.05, 3.63) is 0 Å². The third kappa shape index (κ3) is 6.34. The summed E-state index contributed by atoms with van der Waals surface area (Å²) in [6.45, 7) is 9.99. The summed E-state index contributed by atoms with van der Waals surface area (Å²) in [6.07, 6.45) is 15.4. The van der Waals surface area contributed by atoms with Crippen LogP contribution >= 0.6 is 0 Å². The molecule has 0 aromatic heterocycles. The fourth-order valence-electron chi connectivity index (χ4n) is 6.26. The second-order valence-electron chi connectivity index (χ2n) is 10.5. The molecule has 26 heavy (non-hydrogen) atoms. The van der Waals surface area contributed by atoms with E-state index in [1.165, 1.54) is 57.8 Å². The van der Waals surface area contributed by atoms with Crippen LogP contribution in [-0.4, -0.2) is 31.7 Å². The van der Waals surface area contributed by atoms with Crippen LogP contribution in [-0.2, 0) is 0 Å². The van der Waals surface area contributed by atoms with Gasteiger partial charge in [-0.25, -0.2) is 0 Å². The van der Waals surface area contributed by atoms with Crippen molar-refractivity contribution in [1.29, 1.82) is 0 Å². The highest BCUT2D eigenvalue weighted by molar-refractivity contribution is 6.63. The van der Waals surface area contributed by atoms with Crippen molar-refractivity contribution in [2.24, 2.45) is 11.3 Å². The molecule has 3 heteroatoms. The molecule has 0 spiro atoms. The van der Waals surface area contributed by atoms with Crippen LogP contribution in [0, 0.1) is 11.3 Å². The normalized spacial score (nSPS) is 33.0. The molecule has 0 aromatic carbocycles. The van der Waals surface area contributed by atoms with Gasteiger partial charge in [-0.2, -0.15) is 0 Å². The first kappa shape index (κ1) is 22.4. The smallest absolute Gasteiger partial charge is 0.0540 e. The van der Waals surface area contributed by atoms with E-state index < -0.39 is 8.80 Å². The fraction of sp³-hybridized carbons (Fsp3) is 1.00. The third-order valence-electron chi connectivity index (χ3n) is 7.76. The second kappa shape index (κ2) is 10.6. The molecule has 0 amide bonds. The minimum absolute atomic E-state index is 0.0282. The Kier molecular flexibility index (Phi) is 9.16. The maximum Gasteiger partial charge on any atom is 0.0540 e. The molecule has 2 rings (SSSR count). The minimum atomic E-state index is -0.891. The molecule has 0 aliphatic heterocycles. The Morgan fingerprint density at radius 1 is 0.885 bits per heavy atom. The summed E-state index contributed by atoms with van der Waals surface area (Å²) in [5.74, 6) is 0.906. The average molecular weight is 383 g/mol. The van der Waals surface area contributed by atoms with E-state index >= 15 is 0 Å². The highest BCUT2D eigenvalue weighted by Gasteiger charge is 2.40. The first-order chi connectivity index (χ1) is 12.4. The summed E-state index contributed by atoms with van der Waals surface area (Å²) in [7, 11) is -0.891. The van der Waals surface area contributed by atoms with Crippen molar-refractivity contribution in [2.45, 2.75) is 127 Å². The molecule has 0 saturated heterocycles. The van der Waals surface area contributed by atoms with Gasteiger partial charge in [-0.15, -0.1) is 0 Å². The second-order valence-corrected chi connectivity index (χ2v) is 14.5. The predicted octanol–water partition coefficient (Wildman–Crippen LogP) is 6.07. The molecule has 0 heterocycles. The van der Waals surface area contributed by atoms with E-state index in [4.69, 9.17) is 0 Å². The van der Waals surface area contributed by atoms with E-state index in [-0.39, 0.29) is 6.10 Å². The maximum absolute atomic E-state index is 10.0. The Morgan fingerprint density at radius 2 is 1.42 bits per heavy atom. The molecule has 2 unspecified atom stereocenters. The lowest BCUT2D eigenvalue weighted by Gasteiger charge is -2.45. The van der Waals surface area contributed by atoms with Crippen LogP contribution in [0.3, 0.4) is 0 Å². The molecule has 2 nitrogen and oxygen atoms in total. The van der Waals surface area contributed by atoms with Crippen molar-refractivity contribution in [2.75, 3.05) is 6.61 Å². The topological polar surface area (TPSA) is 40.5 Å². The highest BCUT2D eigenvalue weighted by atomic mass is 28.3. The Balaban J connectivity index is 2.09. The quantitative estimate of drug-likeness (QED) is 0.500. The van der Waals surface area contributed by atoms with E-state index in [0.717, 1.165) is 41.8 Å². The summed E-state index contributed by atoms with van der Waals surface area (Å²) in [4.78, 5) is 0. The SMILES string of the molecule is CCCC(CCCO)[SiH](C1CCC(O)CC1)C1CCC(C(C)(C)C)CC1. The number of aliphatic hydroxyl groups excluding tert-OH is 2. The van der Waals surface area contributed by atoms with Crippen LogP contribution in [0.2, 0.25) is 16.6 Å². The van der Waals surface area contributed by atoms with Gasteiger partial charge < -0.3 is 10.2 Å². The fourth-order valence-corrected chi connectivity index (χ4v) is 12.2. The summed E-state index contributed by atoms with van der Waals surface area (Å²) >= 11 is 0. The predicted molar refractivity (Wildman–Crippen MR) is 116 cm³/mol. The largest absolute Gasteiger partial charge is 0.396 e. The van der Waals surface area contributed by atoms with Crippen molar-refractivity contribution in [1.82, 2.24) is 0 Å². The van der Waals surface area contributed by atoms with Gasteiger partial charge in [0, 0.05) is 15.4 Å². The van der Waals surface area contributed by atoms with Gasteiger partial charge in [-0.1, -0.05) is 72.6 Å². The summed E-state index contributed by atoms with van der Waals surface area (Å²) in [5, 5.41) is 19.4. The summed E-state index contributed by atoms with van der Waals surface area (Å²) in [5.41, 5.74) is 3.36. The third-order valence-corrected chi connectivity index (χ3v) is 13.0. The zero-order valence-electron chi connectivity index (χ0n) is 18.1. The minimum Gasteiger partial charge on any atom is -0.396 e. The first-order valence-electron chi connectivity index (χ1n) is 11.7. The number of hydrogen-bond donors (Lipinski definition) is 2. The van der Waals surface area contributed by atoms with Gasteiger partial charge in [0.05, 0.1) is 6.10 Å². The van der Waals surface area contributed by atoms with Crippen molar-refractivity contribution in [3.8, 4) is 0 Å². The van der Waals surface area contributed by atoms with Crippen LogP contribution in [0.25, 0.3) is 0 Å². The van der Waals surface area contributed by atoms with Crippen LogP contribution in [0.5, 0.6) is 0 Å². The Labute approximate surface area is 164 Å². The van der Waals surface area contributed by atoms with Gasteiger partial charge in [0.15, 0.2) is 0 Å². The van der Waals surface area contributed by atoms with Crippen LogP contribution < -0.4 is 0 Å². The van der Waals surface area contributed by atoms with E-state index in [9.17, 15) is 10.2 Å². The van der Waals surface area contributed by atoms with Gasteiger partial charge >= 0.3 is 0 Å². The zero-order chi connectivity index (χ0) is 19.2. The lowest BCUT2D eigenvalue weighted by atomic mass is 9.72. The molecule has 2 aliphatic carbocycles. The van der Waals surface area contributed by atoms with Gasteiger partial charge in [0.2, 0.25) is 0 Å². The first-order valence-corrected chi connectivity index (χ1v) is 13.7. The summed E-state index contributed by atoms with van der Waals surface area (Å²) in [6, 6.07) is 0. The van der Waals surface area contributed by atoms with Gasteiger partial charge in [-0.3, -0.25) is 0 Å². The number of rotatable bonds is 8. The molecular weight excluding hydrogens is 336 g/mol. The van der Waals surface area contributed by atoms with E-state index in [2.05, 4.69) is 27.7 Å². The van der Waals surface area contributed by atoms with Crippen molar-refractivity contribution >= 4 is 8.80 Å². The van der Waals surface area contributed by atoms with E-state index in [1.807, 2.05) is 0 Å². The van der Waals surface area contributed by atoms with Gasteiger partial charge in [0.1, 0.15) is 0 Å². The molecule has 0 aromatic rings. The van der Waals surface area contributed by atoms with Crippen LogP contribution in [0.1, 0.15) is 105 Å². The van der Waals surface area contributed by atoms with E-state index in [1.54, 1.807) is 0 Å². The van der Waals surface area contributed by atoms with Gasteiger partial charge in [-0.05, 0) is 60.1 Å². The maximum atomic E-state index is 10.0. The summed E-state index contributed by atoms with van der Waals surface area (Å²) < 4.78 is 0. The highest BCUT2D eigenvalue weighted by Crippen LogP contribution is 2.51. The standard InChI is InChI=1S/C23H46O2Si/c1-5-7-20(8-6-17-24)26(22-15-11-19(25)12-16-22)21-13-9-18(10-14-21)23(2,3)4/h18-22,24-26H,5-17H2,1-4H3. The monoisotopic (exact) mass is 382 g/mol. The van der Waals surface area contributed by atoms with E-state index in [0.29, 0.717) is 12.0 Å². The average Bonchev–Trinajstić information content (AvgIpc) is 2.61. The van der Waals surface area contributed by atoms with Gasteiger partial charge in [0.25, 0.3) is 0 Å². The lowest BCUT2D eigenvalue weighted by Crippen LogP contribution is -2.38. The molecule has 0 radical (unpaired) electrons. The molecule has 154 valence electrons. The molecule has 2 atom stereocenters. The van der Waals surface area contributed by atoms with Crippen molar-refractivity contribution in [3.63, 3.8) is 0 Å². The lowest BCUT2D eigenvalue weighted by molar-refractivity contribution is 0.128. The molecule has 2 aliphatic rings. The molecule has 2 saturated carbocycles. The molecule has 0 bridgehead atoms.